The van der Waals surface area contributed by atoms with Gasteiger partial charge in [0.25, 0.3) is 0 Å². The molecule has 0 aliphatic carbocycles. The van der Waals surface area contributed by atoms with E-state index in [1.807, 2.05) is 0 Å². The molecule has 146 valence electrons. The maximum Gasteiger partial charge on any atom is 0.404 e. The Hall–Kier alpha value is -2.50. The highest BCUT2D eigenvalue weighted by molar-refractivity contribution is 9.10. The smallest absolute Gasteiger partial charge is 0.358 e. The van der Waals surface area contributed by atoms with Crippen LogP contribution in [0.15, 0.2) is 35.2 Å². The fourth-order valence-corrected chi connectivity index (χ4v) is 3.28. The van der Waals surface area contributed by atoms with Crippen molar-refractivity contribution < 1.29 is 9.72 Å². The Labute approximate surface area is 176 Å². The van der Waals surface area contributed by atoms with Gasteiger partial charge in [-0.1, -0.05) is 29.3 Å². The Morgan fingerprint density at radius 3 is 2.61 bits per heavy atom. The van der Waals surface area contributed by atoms with Crippen molar-refractivity contribution in [2.45, 2.75) is 19.5 Å². The van der Waals surface area contributed by atoms with Gasteiger partial charge in [0, 0.05) is 22.0 Å². The summed E-state index contributed by atoms with van der Waals surface area (Å²) in [4.78, 5) is 26.2. The molecule has 0 spiro atoms. The van der Waals surface area contributed by atoms with E-state index in [1.165, 1.54) is 21.9 Å². The van der Waals surface area contributed by atoms with Gasteiger partial charge in [-0.05, 0) is 33.0 Å². The van der Waals surface area contributed by atoms with Crippen LogP contribution in [0, 0.1) is 10.1 Å². The first kappa shape index (κ1) is 20.2. The van der Waals surface area contributed by atoms with Gasteiger partial charge in [-0.25, -0.2) is 9.67 Å². The molecular weight excluding hydrogens is 477 g/mol. The van der Waals surface area contributed by atoms with Crippen LogP contribution in [0.25, 0.3) is 0 Å². The maximum absolute atomic E-state index is 12.1. The fraction of sp³-hybridized carbons (Fsp3) is 0.200. The molecule has 0 aliphatic rings. The summed E-state index contributed by atoms with van der Waals surface area (Å²) in [6.45, 7) is 0.459. The summed E-state index contributed by atoms with van der Waals surface area (Å²) in [5.74, 6) is -0.539. The molecule has 1 amide bonds. The zero-order valence-electron chi connectivity index (χ0n) is 14.0. The van der Waals surface area contributed by atoms with E-state index in [4.69, 9.17) is 23.2 Å². The molecule has 0 saturated carbocycles. The number of carbonyl (C=O) groups is 1. The number of nitro groups is 1. The van der Waals surface area contributed by atoms with Crippen molar-refractivity contribution in [2.75, 3.05) is 5.32 Å². The second-order valence-electron chi connectivity index (χ2n) is 5.58. The van der Waals surface area contributed by atoms with E-state index < -0.39 is 4.92 Å². The first-order chi connectivity index (χ1) is 13.3. The molecule has 1 aromatic carbocycles. The number of hydrogen-bond donors (Lipinski definition) is 1. The molecule has 10 nitrogen and oxygen atoms in total. The Kier molecular flexibility index (Phi) is 6.27. The van der Waals surface area contributed by atoms with Crippen molar-refractivity contribution in [3.05, 3.63) is 60.9 Å². The molecule has 0 bridgehead atoms. The number of aryl methyl sites for hydroxylation is 1. The first-order valence-corrected chi connectivity index (χ1v) is 9.38. The van der Waals surface area contributed by atoms with Crippen molar-refractivity contribution in [1.82, 2.24) is 24.5 Å². The minimum absolute atomic E-state index is 0.0379. The lowest BCUT2D eigenvalue weighted by molar-refractivity contribution is -0.390. The van der Waals surface area contributed by atoms with Gasteiger partial charge < -0.3 is 10.1 Å². The van der Waals surface area contributed by atoms with Crippen LogP contribution in [0.3, 0.4) is 0 Å². The van der Waals surface area contributed by atoms with Crippen molar-refractivity contribution in [3.8, 4) is 0 Å². The standard InChI is InChI=1S/C15H12BrCl2N7O3/c16-10-7-23(21-14(10)25(27)28)5-4-13(26)20-15-19-8-24(22-15)6-9-11(17)2-1-3-12(9)18/h1-3,7-8H,4-6H2,(H,20,22,26). The third kappa shape index (κ3) is 4.86. The van der Waals surface area contributed by atoms with E-state index >= 15 is 0 Å². The van der Waals surface area contributed by atoms with Crippen LogP contribution >= 0.6 is 39.1 Å². The Morgan fingerprint density at radius 2 is 1.96 bits per heavy atom. The monoisotopic (exact) mass is 487 g/mol. The third-order valence-corrected chi connectivity index (χ3v) is 4.88. The third-order valence-electron chi connectivity index (χ3n) is 3.61. The van der Waals surface area contributed by atoms with Gasteiger partial charge in [0.05, 0.1) is 24.4 Å². The van der Waals surface area contributed by atoms with Crippen molar-refractivity contribution in [1.29, 1.82) is 0 Å². The highest BCUT2D eigenvalue weighted by Gasteiger charge is 2.19. The first-order valence-electron chi connectivity index (χ1n) is 7.83. The highest BCUT2D eigenvalue weighted by Crippen LogP contribution is 2.25. The summed E-state index contributed by atoms with van der Waals surface area (Å²) in [6.07, 6.45) is 2.92. The number of nitrogens with one attached hydrogen (secondary N) is 1. The van der Waals surface area contributed by atoms with Crippen LogP contribution < -0.4 is 5.32 Å². The largest absolute Gasteiger partial charge is 0.404 e. The molecule has 0 unspecified atom stereocenters. The molecule has 0 saturated heterocycles. The van der Waals surface area contributed by atoms with Crippen LogP contribution in [0.4, 0.5) is 11.8 Å². The molecule has 2 aromatic heterocycles. The Morgan fingerprint density at radius 1 is 1.25 bits per heavy atom. The number of nitrogens with zero attached hydrogens (tertiary/aromatic N) is 6. The quantitative estimate of drug-likeness (QED) is 0.401. The number of aromatic nitrogens is 5. The van der Waals surface area contributed by atoms with Crippen LogP contribution in [0.1, 0.15) is 12.0 Å². The molecule has 3 aromatic rings. The molecule has 0 atom stereocenters. The lowest BCUT2D eigenvalue weighted by Gasteiger charge is -2.06. The second-order valence-corrected chi connectivity index (χ2v) is 7.25. The van der Waals surface area contributed by atoms with Gasteiger partial charge in [0.15, 0.2) is 0 Å². The number of halogens is 3. The lowest BCUT2D eigenvalue weighted by atomic mass is 10.2. The number of carbonyl (C=O) groups excluding carboxylic acids is 1. The molecule has 1 N–H and O–H groups in total. The molecule has 0 aliphatic heterocycles. The molecule has 28 heavy (non-hydrogen) atoms. The van der Waals surface area contributed by atoms with E-state index in [0.29, 0.717) is 22.2 Å². The topological polar surface area (TPSA) is 121 Å². The minimum atomic E-state index is -0.609. The van der Waals surface area contributed by atoms with E-state index in [1.54, 1.807) is 18.2 Å². The summed E-state index contributed by atoms with van der Waals surface area (Å²) >= 11 is 15.3. The van der Waals surface area contributed by atoms with Gasteiger partial charge in [-0.2, -0.15) is 4.68 Å². The average Bonchev–Trinajstić information content (AvgIpc) is 3.23. The van der Waals surface area contributed by atoms with Crippen molar-refractivity contribution in [2.24, 2.45) is 0 Å². The number of hydrogen-bond acceptors (Lipinski definition) is 6. The lowest BCUT2D eigenvalue weighted by Crippen LogP contribution is -2.16. The number of anilines is 1. The van der Waals surface area contributed by atoms with Gasteiger partial charge in [-0.15, -0.1) is 5.10 Å². The molecular formula is C15H12BrCl2N7O3. The average molecular weight is 489 g/mol. The van der Waals surface area contributed by atoms with E-state index in [9.17, 15) is 14.9 Å². The highest BCUT2D eigenvalue weighted by atomic mass is 79.9. The predicted octanol–water partition coefficient (Wildman–Crippen LogP) is 3.53. The second kappa shape index (κ2) is 8.67. The number of rotatable bonds is 7. The van der Waals surface area contributed by atoms with Crippen LogP contribution in [-0.2, 0) is 17.9 Å². The summed E-state index contributed by atoms with van der Waals surface area (Å²) < 4.78 is 3.06. The Bertz CT molecular complexity index is 1020. The molecule has 0 fully saturated rings. The van der Waals surface area contributed by atoms with Crippen molar-refractivity contribution >= 4 is 56.8 Å². The SMILES string of the molecule is O=C(CCn1cc(Br)c([N+](=O)[O-])n1)Nc1ncn(Cc2c(Cl)cccc2Cl)n1. The molecule has 2 heterocycles. The van der Waals surface area contributed by atoms with Crippen molar-refractivity contribution in [3.63, 3.8) is 0 Å². The van der Waals surface area contributed by atoms with E-state index in [0.717, 1.165) is 0 Å². The molecule has 3 rings (SSSR count). The van der Waals surface area contributed by atoms with Gasteiger partial charge in [-0.3, -0.25) is 10.1 Å². The summed E-state index contributed by atoms with van der Waals surface area (Å²) in [5, 5.41) is 22.3. The zero-order chi connectivity index (χ0) is 20.3. The summed E-state index contributed by atoms with van der Waals surface area (Å²) in [7, 11) is 0. The van der Waals surface area contributed by atoms with Crippen LogP contribution in [0.5, 0.6) is 0 Å². The summed E-state index contributed by atoms with van der Waals surface area (Å²) in [6, 6.07) is 5.19. The van der Waals surface area contributed by atoms with Crippen LogP contribution in [-0.4, -0.2) is 35.4 Å². The normalized spacial score (nSPS) is 10.8. The van der Waals surface area contributed by atoms with Gasteiger partial charge in [0.1, 0.15) is 10.8 Å². The minimum Gasteiger partial charge on any atom is -0.358 e. The number of benzene rings is 1. The fourth-order valence-electron chi connectivity index (χ4n) is 2.30. The summed E-state index contributed by atoms with van der Waals surface area (Å²) in [5.41, 5.74) is 0.694. The van der Waals surface area contributed by atoms with E-state index in [2.05, 4.69) is 36.4 Å². The number of amides is 1. The maximum atomic E-state index is 12.1. The zero-order valence-corrected chi connectivity index (χ0v) is 17.1. The van der Waals surface area contributed by atoms with Crippen LogP contribution in [0.2, 0.25) is 10.0 Å². The van der Waals surface area contributed by atoms with Gasteiger partial charge in [0.2, 0.25) is 11.9 Å². The Balaban J connectivity index is 1.57. The van der Waals surface area contributed by atoms with Gasteiger partial charge >= 0.3 is 5.82 Å². The molecule has 0 radical (unpaired) electrons. The predicted molar refractivity (Wildman–Crippen MR) is 105 cm³/mol. The van der Waals surface area contributed by atoms with E-state index in [-0.39, 0.29) is 35.1 Å². The molecule has 13 heteroatoms.